The van der Waals surface area contributed by atoms with Gasteiger partial charge in [-0.25, -0.2) is 0 Å². The summed E-state index contributed by atoms with van der Waals surface area (Å²) in [5.74, 6) is -2.19. The van der Waals surface area contributed by atoms with Gasteiger partial charge in [0, 0.05) is 4.88 Å². The Labute approximate surface area is 143 Å². The smallest absolute Gasteiger partial charge is 0.478 e. The largest absolute Gasteiger partial charge is 0.481 e. The molecule has 2 heterocycles. The van der Waals surface area contributed by atoms with Gasteiger partial charge in [-0.05, 0) is 23.9 Å². The first-order valence-corrected chi connectivity index (χ1v) is 8.27. The Bertz CT molecular complexity index is 630. The molecule has 7 nitrogen and oxygen atoms in total. The first kappa shape index (κ1) is 18.4. The van der Waals surface area contributed by atoms with Crippen molar-refractivity contribution in [3.63, 3.8) is 0 Å². The van der Waals surface area contributed by atoms with E-state index in [4.69, 9.17) is 14.9 Å². The minimum Gasteiger partial charge on any atom is -0.481 e. The summed E-state index contributed by atoms with van der Waals surface area (Å²) in [6, 6.07) is 3.55. The van der Waals surface area contributed by atoms with Crippen LogP contribution in [0.2, 0.25) is 0 Å². The van der Waals surface area contributed by atoms with Crippen LogP contribution in [0.15, 0.2) is 35.7 Å². The van der Waals surface area contributed by atoms with Crippen molar-refractivity contribution in [1.82, 2.24) is 5.32 Å². The van der Waals surface area contributed by atoms with Gasteiger partial charge in [0.2, 0.25) is 0 Å². The van der Waals surface area contributed by atoms with Gasteiger partial charge in [-0.1, -0.05) is 18.2 Å². The minimum atomic E-state index is -1.33. The van der Waals surface area contributed by atoms with E-state index in [2.05, 4.69) is 5.32 Å². The Morgan fingerprint density at radius 1 is 1.50 bits per heavy atom. The van der Waals surface area contributed by atoms with E-state index in [1.807, 2.05) is 5.38 Å². The van der Waals surface area contributed by atoms with E-state index < -0.39 is 31.0 Å². The molecule has 2 atom stereocenters. The molecule has 1 aromatic heterocycles. The van der Waals surface area contributed by atoms with Crippen LogP contribution in [-0.2, 0) is 14.2 Å². The highest BCUT2D eigenvalue weighted by atomic mass is 32.1. The summed E-state index contributed by atoms with van der Waals surface area (Å²) in [6.45, 7) is -0.287. The number of aliphatic carboxylic acids is 1. The van der Waals surface area contributed by atoms with Crippen molar-refractivity contribution in [2.45, 2.75) is 24.9 Å². The topological polar surface area (TPSA) is 116 Å². The Kier molecular flexibility index (Phi) is 6.74. The number of aliphatic hydroxyl groups is 1. The zero-order valence-electron chi connectivity index (χ0n) is 12.8. The second-order valence-corrected chi connectivity index (χ2v) is 6.13. The van der Waals surface area contributed by atoms with Gasteiger partial charge in [-0.3, -0.25) is 9.59 Å². The molecule has 0 radical (unpaired) electrons. The Morgan fingerprint density at radius 2 is 2.29 bits per heavy atom. The molecular weight excluding hydrogens is 333 g/mol. The third-order valence-electron chi connectivity index (χ3n) is 3.42. The lowest BCUT2D eigenvalue weighted by atomic mass is 9.77. The Hall–Kier alpha value is -1.94. The lowest BCUT2D eigenvalue weighted by Gasteiger charge is -2.20. The molecule has 1 amide bonds. The van der Waals surface area contributed by atoms with Crippen molar-refractivity contribution in [2.75, 3.05) is 6.61 Å². The van der Waals surface area contributed by atoms with Gasteiger partial charge < -0.3 is 25.2 Å². The number of nitrogens with one attached hydrogen (secondary N) is 1. The predicted octanol–water partition coefficient (Wildman–Crippen LogP) is 0.448. The van der Waals surface area contributed by atoms with Crippen LogP contribution in [-0.4, -0.2) is 52.9 Å². The van der Waals surface area contributed by atoms with Gasteiger partial charge >= 0.3 is 13.1 Å². The number of rotatable bonds is 6. The van der Waals surface area contributed by atoms with Crippen LogP contribution in [0.4, 0.5) is 0 Å². The molecule has 0 saturated heterocycles. The normalized spacial score (nSPS) is 21.4. The highest BCUT2D eigenvalue weighted by Gasteiger charge is 2.33. The molecular formula is C15H18BNO6S. The summed E-state index contributed by atoms with van der Waals surface area (Å²) >= 11 is 1.36. The van der Waals surface area contributed by atoms with Crippen LogP contribution in [0, 0.1) is 0 Å². The highest BCUT2D eigenvalue weighted by Crippen LogP contribution is 2.21. The van der Waals surface area contributed by atoms with E-state index in [9.17, 15) is 14.6 Å². The molecule has 0 aromatic carbocycles. The average Bonchev–Trinajstić information content (AvgIpc) is 2.98. The quantitative estimate of drug-likeness (QED) is 0.336. The van der Waals surface area contributed by atoms with Crippen molar-refractivity contribution >= 4 is 35.9 Å². The maximum absolute atomic E-state index is 12.4. The summed E-state index contributed by atoms with van der Waals surface area (Å²) in [6.07, 6.45) is 3.93. The fourth-order valence-corrected chi connectivity index (χ4v) is 3.07. The molecule has 2 rings (SSSR count). The maximum Gasteiger partial charge on any atom is 0.478 e. The van der Waals surface area contributed by atoms with Crippen molar-refractivity contribution in [2.24, 2.45) is 0 Å². The number of thiophene rings is 1. The third-order valence-corrected chi connectivity index (χ3v) is 4.32. The number of hydrogen-bond acceptors (Lipinski definition) is 6. The number of hydrogen-bond donors (Lipinski definition) is 4. The van der Waals surface area contributed by atoms with Crippen LogP contribution in [0.1, 0.15) is 17.7 Å². The van der Waals surface area contributed by atoms with Gasteiger partial charge in [0.1, 0.15) is 0 Å². The minimum absolute atomic E-state index is 0.265. The van der Waals surface area contributed by atoms with E-state index in [-0.39, 0.29) is 13.0 Å². The standard InChI is InChI=1S/C15H18BNO6S/c18-7-6-11(12-4-2-8-24-12)15(21)17-13-5-1-3-10(9-14(19)20)23-16(13)22/h1-4,6,8,10,13,18,22H,5,7,9H2,(H,17,21)(H,19,20)/b11-6+. The van der Waals surface area contributed by atoms with E-state index >= 15 is 0 Å². The summed E-state index contributed by atoms with van der Waals surface area (Å²) in [7, 11) is -1.33. The highest BCUT2D eigenvalue weighted by molar-refractivity contribution is 7.11. The van der Waals surface area contributed by atoms with Gasteiger partial charge in [-0.2, -0.15) is 0 Å². The zero-order valence-corrected chi connectivity index (χ0v) is 13.6. The first-order valence-electron chi connectivity index (χ1n) is 7.39. The molecule has 2 unspecified atom stereocenters. The lowest BCUT2D eigenvalue weighted by Crippen LogP contribution is -2.48. The molecule has 0 aliphatic carbocycles. The van der Waals surface area contributed by atoms with Gasteiger partial charge in [0.05, 0.1) is 30.6 Å². The molecule has 24 heavy (non-hydrogen) atoms. The van der Waals surface area contributed by atoms with Gasteiger partial charge in [0.15, 0.2) is 0 Å². The van der Waals surface area contributed by atoms with E-state index in [0.717, 1.165) is 0 Å². The van der Waals surface area contributed by atoms with E-state index in [1.54, 1.807) is 24.3 Å². The van der Waals surface area contributed by atoms with Crippen LogP contribution in [0.25, 0.3) is 5.57 Å². The molecule has 0 spiro atoms. The Balaban J connectivity index is 2.04. The van der Waals surface area contributed by atoms with Crippen molar-refractivity contribution in [3.05, 3.63) is 40.6 Å². The van der Waals surface area contributed by atoms with Crippen LogP contribution < -0.4 is 5.32 Å². The summed E-state index contributed by atoms with van der Waals surface area (Å²) in [5.41, 5.74) is 0.315. The van der Waals surface area contributed by atoms with Gasteiger partial charge in [0.25, 0.3) is 5.91 Å². The summed E-state index contributed by atoms with van der Waals surface area (Å²) in [4.78, 5) is 23.9. The van der Waals surface area contributed by atoms with Gasteiger partial charge in [-0.15, -0.1) is 11.3 Å². The van der Waals surface area contributed by atoms with E-state index in [1.165, 1.54) is 17.4 Å². The second-order valence-electron chi connectivity index (χ2n) is 5.18. The average molecular weight is 351 g/mol. The number of aliphatic hydroxyl groups excluding tert-OH is 1. The molecule has 9 heteroatoms. The van der Waals surface area contributed by atoms with Crippen LogP contribution >= 0.6 is 11.3 Å². The van der Waals surface area contributed by atoms with Crippen molar-refractivity contribution in [1.29, 1.82) is 0 Å². The number of carbonyl (C=O) groups is 2. The molecule has 0 fully saturated rings. The molecule has 1 aliphatic rings. The van der Waals surface area contributed by atoms with E-state index in [0.29, 0.717) is 16.9 Å². The van der Waals surface area contributed by atoms with Crippen molar-refractivity contribution in [3.8, 4) is 0 Å². The number of carboxylic acids is 1. The first-order chi connectivity index (χ1) is 11.5. The number of amides is 1. The maximum atomic E-state index is 12.4. The summed E-state index contributed by atoms with van der Waals surface area (Å²) in [5, 5.41) is 32.5. The Morgan fingerprint density at radius 3 is 2.92 bits per heavy atom. The SMILES string of the molecule is O=C(O)CC1C=CCC(NC(=O)/C(=C/CO)c2cccs2)B(O)O1. The summed E-state index contributed by atoms with van der Waals surface area (Å²) < 4.78 is 5.27. The lowest BCUT2D eigenvalue weighted by molar-refractivity contribution is -0.138. The van der Waals surface area contributed by atoms with Crippen LogP contribution in [0.5, 0.6) is 0 Å². The second kappa shape index (κ2) is 8.79. The van der Waals surface area contributed by atoms with Crippen LogP contribution in [0.3, 0.4) is 0 Å². The molecule has 0 saturated carbocycles. The molecule has 128 valence electrons. The predicted molar refractivity (Wildman–Crippen MR) is 90.2 cm³/mol. The molecule has 1 aromatic rings. The number of carboxylic acid groups (broad SMARTS) is 1. The number of carbonyl (C=O) groups excluding carboxylic acids is 1. The zero-order chi connectivity index (χ0) is 17.5. The fourth-order valence-electron chi connectivity index (χ4n) is 2.31. The fraction of sp³-hybridized carbons (Fsp3) is 0.333. The van der Waals surface area contributed by atoms with Crippen molar-refractivity contribution < 1.29 is 29.5 Å². The monoisotopic (exact) mass is 351 g/mol. The molecule has 0 bridgehead atoms. The molecule has 4 N–H and O–H groups in total. The third kappa shape index (κ3) is 5.03. The molecule has 1 aliphatic heterocycles.